The van der Waals surface area contributed by atoms with Crippen LogP contribution in [0.2, 0.25) is 0 Å². The Morgan fingerprint density at radius 3 is 1.89 bits per heavy atom. The number of carboxylic acids is 1. The largest absolute Gasteiger partial charge is 0.480 e. The van der Waals surface area contributed by atoms with E-state index in [1.54, 1.807) is 12.1 Å². The van der Waals surface area contributed by atoms with Gasteiger partial charge in [0.05, 0.1) is 0 Å². The molecule has 0 aromatic heterocycles. The van der Waals surface area contributed by atoms with Crippen LogP contribution in [-0.2, 0) is 32.1 Å². The minimum Gasteiger partial charge on any atom is -0.480 e. The molecule has 0 aliphatic rings. The van der Waals surface area contributed by atoms with Gasteiger partial charge in [0.2, 0.25) is 11.8 Å². The number of urea groups is 1. The summed E-state index contributed by atoms with van der Waals surface area (Å²) in [4.78, 5) is 76.6. The minimum absolute atomic E-state index is 0.0392. The minimum atomic E-state index is -1.22. The molecule has 7 N–H and O–H groups in total. The molecule has 0 saturated carbocycles. The van der Waals surface area contributed by atoms with Crippen molar-refractivity contribution in [2.24, 2.45) is 5.92 Å². The molecule has 2 aromatic carbocycles. The van der Waals surface area contributed by atoms with Crippen LogP contribution >= 0.6 is 11.8 Å². The van der Waals surface area contributed by atoms with E-state index in [0.717, 1.165) is 30.4 Å². The number of unbranched alkanes of at least 4 members (excludes halogenated alkanes) is 3. The van der Waals surface area contributed by atoms with Crippen LogP contribution in [0, 0.1) is 5.92 Å². The number of thioether (sulfide) groups is 1. The standard InChI is InChI=1S/C41H62N6O7S/c1-28(2)36(48)17-10-7-12-23-42-41(54)43-24-13-11-16-34(40(52)53)46-39(51)35(26-30-14-8-6-9-15-30)47-38(50)33(22-25-55-5)45-37(49)32-20-18-31(19-21-32)27-44-29(3)4/h6,8-9,14-15,18-21,28-29,33-35,44H,7,10-13,16-17,22-27H2,1-5H3,(H,45,49)(H,46,51)(H,47,50)(H,52,53)(H2,42,43,54)/t33-,34-,35-/m0/s1. The average molecular weight is 783 g/mol. The van der Waals surface area contributed by atoms with Gasteiger partial charge >= 0.3 is 12.0 Å². The molecule has 0 fully saturated rings. The third-order valence-electron chi connectivity index (χ3n) is 8.93. The Hall–Kier alpha value is -4.43. The van der Waals surface area contributed by atoms with E-state index in [1.807, 2.05) is 62.6 Å². The smallest absolute Gasteiger partial charge is 0.326 e. The van der Waals surface area contributed by atoms with Crippen molar-refractivity contribution in [2.75, 3.05) is 25.1 Å². The number of nitrogens with one attached hydrogen (secondary N) is 6. The van der Waals surface area contributed by atoms with Crippen LogP contribution < -0.4 is 31.9 Å². The van der Waals surface area contributed by atoms with E-state index in [4.69, 9.17) is 0 Å². The van der Waals surface area contributed by atoms with Crippen molar-refractivity contribution in [3.63, 3.8) is 0 Å². The predicted molar refractivity (Wildman–Crippen MR) is 218 cm³/mol. The van der Waals surface area contributed by atoms with Crippen LogP contribution in [0.25, 0.3) is 0 Å². The van der Waals surface area contributed by atoms with E-state index < -0.39 is 41.8 Å². The Morgan fingerprint density at radius 2 is 1.29 bits per heavy atom. The summed E-state index contributed by atoms with van der Waals surface area (Å²) in [6.07, 6.45) is 6.30. The Balaban J connectivity index is 1.97. The van der Waals surface area contributed by atoms with Gasteiger partial charge in [-0.25, -0.2) is 9.59 Å². The predicted octanol–water partition coefficient (Wildman–Crippen LogP) is 4.59. The van der Waals surface area contributed by atoms with Crippen molar-refractivity contribution < 1.29 is 33.9 Å². The van der Waals surface area contributed by atoms with Crippen LogP contribution in [-0.4, -0.2) is 89.9 Å². The summed E-state index contributed by atoms with van der Waals surface area (Å²) >= 11 is 1.52. The highest BCUT2D eigenvalue weighted by molar-refractivity contribution is 7.98. The van der Waals surface area contributed by atoms with Gasteiger partial charge in [0, 0.05) is 50.0 Å². The molecule has 2 rings (SSSR count). The van der Waals surface area contributed by atoms with Crippen LogP contribution in [0.3, 0.4) is 0 Å². The van der Waals surface area contributed by atoms with Crippen molar-refractivity contribution in [3.05, 3.63) is 71.3 Å². The zero-order valence-corrected chi connectivity index (χ0v) is 33.9. The molecule has 14 heteroatoms. The van der Waals surface area contributed by atoms with Gasteiger partial charge in [-0.05, 0) is 73.8 Å². The number of hydrogen-bond acceptors (Lipinski definition) is 8. The summed E-state index contributed by atoms with van der Waals surface area (Å²) in [6.45, 7) is 9.36. The fourth-order valence-corrected chi connectivity index (χ4v) is 6.00. The molecule has 0 bridgehead atoms. The molecule has 0 spiro atoms. The Labute approximate surface area is 330 Å². The Kier molecular flexibility index (Phi) is 22.4. The second-order valence-corrected chi connectivity index (χ2v) is 15.3. The molecule has 0 saturated heterocycles. The quantitative estimate of drug-likeness (QED) is 0.0635. The first-order chi connectivity index (χ1) is 26.3. The number of carbonyl (C=O) groups is 6. The summed E-state index contributed by atoms with van der Waals surface area (Å²) in [5, 5.41) is 27.0. The fourth-order valence-electron chi connectivity index (χ4n) is 5.53. The van der Waals surface area contributed by atoms with Gasteiger partial charge in [0.1, 0.15) is 23.9 Å². The summed E-state index contributed by atoms with van der Waals surface area (Å²) < 4.78 is 0. The lowest BCUT2D eigenvalue weighted by Gasteiger charge is -2.25. The van der Waals surface area contributed by atoms with Gasteiger partial charge in [0.15, 0.2) is 0 Å². The fraction of sp³-hybridized carbons (Fsp3) is 0.561. The first kappa shape index (κ1) is 46.7. The second-order valence-electron chi connectivity index (χ2n) is 14.3. The maximum atomic E-state index is 13.7. The summed E-state index contributed by atoms with van der Waals surface area (Å²) in [6, 6.07) is 12.9. The van der Waals surface area contributed by atoms with Crippen molar-refractivity contribution in [3.8, 4) is 0 Å². The number of hydrogen-bond donors (Lipinski definition) is 7. The SMILES string of the molecule is CSCC[C@H](NC(=O)c1ccc(CNC(C)C)cc1)C(=O)N[C@@H](Cc1ccccc1)C(=O)N[C@@H](CCCCNC(=O)NCCCCCC(=O)C(C)C)C(=O)O. The number of aliphatic carboxylic acids is 1. The monoisotopic (exact) mass is 782 g/mol. The highest BCUT2D eigenvalue weighted by Gasteiger charge is 2.30. The number of ketones is 1. The molecule has 55 heavy (non-hydrogen) atoms. The molecule has 0 heterocycles. The number of carbonyl (C=O) groups excluding carboxylic acids is 5. The van der Waals surface area contributed by atoms with E-state index in [-0.39, 0.29) is 30.6 Å². The molecule has 13 nitrogen and oxygen atoms in total. The number of rotatable bonds is 27. The van der Waals surface area contributed by atoms with E-state index in [2.05, 4.69) is 45.7 Å². The maximum absolute atomic E-state index is 13.7. The van der Waals surface area contributed by atoms with Crippen LogP contribution in [0.4, 0.5) is 4.79 Å². The first-order valence-electron chi connectivity index (χ1n) is 19.3. The van der Waals surface area contributed by atoms with E-state index in [9.17, 15) is 33.9 Å². The van der Waals surface area contributed by atoms with E-state index >= 15 is 0 Å². The molecule has 304 valence electrons. The summed E-state index contributed by atoms with van der Waals surface area (Å²) in [7, 11) is 0. The van der Waals surface area contributed by atoms with Gasteiger partial charge < -0.3 is 37.0 Å². The number of carboxylic acid groups (broad SMARTS) is 1. The van der Waals surface area contributed by atoms with Gasteiger partial charge in [-0.1, -0.05) is 76.6 Å². The van der Waals surface area contributed by atoms with Crippen LogP contribution in [0.5, 0.6) is 0 Å². The van der Waals surface area contributed by atoms with E-state index in [1.165, 1.54) is 11.8 Å². The molecule has 0 unspecified atom stereocenters. The Bertz CT molecular complexity index is 1490. The molecule has 0 radical (unpaired) electrons. The lowest BCUT2D eigenvalue weighted by atomic mass is 10.0. The third-order valence-corrected chi connectivity index (χ3v) is 9.57. The second kappa shape index (κ2) is 26.4. The topological polar surface area (TPSA) is 195 Å². The van der Waals surface area contributed by atoms with Crippen molar-refractivity contribution in [1.82, 2.24) is 31.9 Å². The lowest BCUT2D eigenvalue weighted by molar-refractivity contribution is -0.142. The molecule has 0 aliphatic carbocycles. The van der Waals surface area contributed by atoms with Gasteiger partial charge in [-0.3, -0.25) is 19.2 Å². The number of amides is 5. The third kappa shape index (κ3) is 19.6. The van der Waals surface area contributed by atoms with Crippen molar-refractivity contribution >= 4 is 47.3 Å². The van der Waals surface area contributed by atoms with Crippen LogP contribution in [0.15, 0.2) is 54.6 Å². The normalized spacial score (nSPS) is 12.7. The Morgan fingerprint density at radius 1 is 0.673 bits per heavy atom. The average Bonchev–Trinajstić information content (AvgIpc) is 3.16. The van der Waals surface area contributed by atoms with Gasteiger partial charge in [-0.15, -0.1) is 0 Å². The van der Waals surface area contributed by atoms with Gasteiger partial charge in [0.25, 0.3) is 5.91 Å². The molecule has 0 aliphatic heterocycles. The molecule has 3 atom stereocenters. The molecular weight excluding hydrogens is 721 g/mol. The van der Waals surface area contributed by atoms with E-state index in [0.29, 0.717) is 62.7 Å². The zero-order valence-electron chi connectivity index (χ0n) is 33.1. The maximum Gasteiger partial charge on any atom is 0.326 e. The molecule has 5 amide bonds. The highest BCUT2D eigenvalue weighted by atomic mass is 32.2. The lowest BCUT2D eigenvalue weighted by Crippen LogP contribution is -2.56. The highest BCUT2D eigenvalue weighted by Crippen LogP contribution is 2.11. The zero-order chi connectivity index (χ0) is 40.6. The van der Waals surface area contributed by atoms with Crippen molar-refractivity contribution in [2.45, 2.75) is 116 Å². The molecular formula is C41H62N6O7S. The first-order valence-corrected chi connectivity index (χ1v) is 20.7. The number of benzene rings is 2. The molecule has 2 aromatic rings. The number of Topliss-reactive ketones (excluding diaryl/α,β-unsaturated/α-hetero) is 1. The van der Waals surface area contributed by atoms with Crippen molar-refractivity contribution in [1.29, 1.82) is 0 Å². The van der Waals surface area contributed by atoms with Crippen LogP contribution in [0.1, 0.15) is 101 Å². The van der Waals surface area contributed by atoms with Gasteiger partial charge in [-0.2, -0.15) is 11.8 Å². The summed E-state index contributed by atoms with van der Waals surface area (Å²) in [5.74, 6) is -1.97. The summed E-state index contributed by atoms with van der Waals surface area (Å²) in [5.41, 5.74) is 2.18.